The second-order valence-corrected chi connectivity index (χ2v) is 5.55. The van der Waals surface area contributed by atoms with Crippen molar-refractivity contribution >= 4 is 28.4 Å². The fraction of sp³-hybridized carbons (Fsp3) is 0.0667. The molecule has 6 heteroatoms. The van der Waals surface area contributed by atoms with Crippen molar-refractivity contribution in [1.29, 1.82) is 0 Å². The van der Waals surface area contributed by atoms with E-state index in [1.54, 1.807) is 24.3 Å². The first kappa shape index (κ1) is 13.6. The monoisotopic (exact) mass is 301 g/mol. The second-order valence-electron chi connectivity index (χ2n) is 4.50. The van der Waals surface area contributed by atoms with Crippen LogP contribution >= 0.6 is 11.8 Å². The zero-order valence-electron chi connectivity index (χ0n) is 11.0. The standard InChI is InChI=1S/C15H12FN3OS/c16-11-7-9(5-6-12(11)17)21-8-14-18-13-4-2-1-3-10(13)15(20)19-14/h1-7H,8,17H2,(H,18,19,20). The van der Waals surface area contributed by atoms with Crippen LogP contribution in [0.2, 0.25) is 0 Å². The third-order valence-corrected chi connectivity index (χ3v) is 4.01. The van der Waals surface area contributed by atoms with Crippen molar-refractivity contribution in [3.63, 3.8) is 0 Å². The SMILES string of the molecule is Nc1ccc(SCc2nc3ccccc3c(=O)[nH]2)cc1F. The molecule has 0 amide bonds. The molecule has 3 N–H and O–H groups in total. The third-order valence-electron chi connectivity index (χ3n) is 3.01. The maximum absolute atomic E-state index is 13.4. The summed E-state index contributed by atoms with van der Waals surface area (Å²) in [5, 5.41) is 0.560. The predicted molar refractivity (Wildman–Crippen MR) is 82.7 cm³/mol. The molecule has 1 heterocycles. The number of anilines is 1. The summed E-state index contributed by atoms with van der Waals surface area (Å²) in [6.45, 7) is 0. The van der Waals surface area contributed by atoms with E-state index < -0.39 is 5.82 Å². The van der Waals surface area contributed by atoms with Gasteiger partial charge in [-0.3, -0.25) is 4.79 Å². The average molecular weight is 301 g/mol. The van der Waals surface area contributed by atoms with Crippen molar-refractivity contribution in [2.45, 2.75) is 10.6 Å². The van der Waals surface area contributed by atoms with Crippen LogP contribution in [-0.4, -0.2) is 9.97 Å². The molecule has 0 fully saturated rings. The van der Waals surface area contributed by atoms with Crippen LogP contribution < -0.4 is 11.3 Å². The number of halogens is 1. The van der Waals surface area contributed by atoms with Gasteiger partial charge in [-0.05, 0) is 30.3 Å². The van der Waals surface area contributed by atoms with Gasteiger partial charge < -0.3 is 10.7 Å². The Bertz CT molecular complexity index is 863. The quantitative estimate of drug-likeness (QED) is 0.576. The Morgan fingerprint density at radius 1 is 1.24 bits per heavy atom. The topological polar surface area (TPSA) is 71.8 Å². The molecule has 21 heavy (non-hydrogen) atoms. The van der Waals surface area contributed by atoms with Crippen LogP contribution in [0.5, 0.6) is 0 Å². The summed E-state index contributed by atoms with van der Waals surface area (Å²) >= 11 is 1.39. The van der Waals surface area contributed by atoms with Gasteiger partial charge in [-0.1, -0.05) is 12.1 Å². The second kappa shape index (κ2) is 5.57. The Kier molecular flexibility index (Phi) is 3.62. The number of thioether (sulfide) groups is 1. The molecule has 0 atom stereocenters. The largest absolute Gasteiger partial charge is 0.396 e. The van der Waals surface area contributed by atoms with Crippen LogP contribution in [0.1, 0.15) is 5.82 Å². The van der Waals surface area contributed by atoms with E-state index in [0.29, 0.717) is 22.5 Å². The minimum atomic E-state index is -0.444. The molecule has 0 aliphatic carbocycles. The Hall–Kier alpha value is -2.34. The van der Waals surface area contributed by atoms with Gasteiger partial charge in [0, 0.05) is 4.90 Å². The van der Waals surface area contributed by atoms with Crippen LogP contribution in [0, 0.1) is 5.82 Å². The summed E-state index contributed by atoms with van der Waals surface area (Å²) in [5.41, 5.74) is 6.04. The van der Waals surface area contributed by atoms with E-state index in [-0.39, 0.29) is 11.2 Å². The maximum atomic E-state index is 13.4. The predicted octanol–water partition coefficient (Wildman–Crippen LogP) is 2.94. The van der Waals surface area contributed by atoms with Crippen molar-refractivity contribution in [3.8, 4) is 0 Å². The van der Waals surface area contributed by atoms with Gasteiger partial charge in [0.2, 0.25) is 0 Å². The number of nitrogens with one attached hydrogen (secondary N) is 1. The highest BCUT2D eigenvalue weighted by molar-refractivity contribution is 7.98. The number of hydrogen-bond acceptors (Lipinski definition) is 4. The number of aromatic amines is 1. The van der Waals surface area contributed by atoms with Gasteiger partial charge in [0.05, 0.1) is 22.3 Å². The van der Waals surface area contributed by atoms with Gasteiger partial charge in [0.25, 0.3) is 5.56 Å². The molecule has 0 saturated heterocycles. The van der Waals surface area contributed by atoms with Gasteiger partial charge in [0.15, 0.2) is 0 Å². The Balaban J connectivity index is 1.85. The lowest BCUT2D eigenvalue weighted by Crippen LogP contribution is -2.11. The summed E-state index contributed by atoms with van der Waals surface area (Å²) in [6.07, 6.45) is 0. The molecule has 0 spiro atoms. The average Bonchev–Trinajstić information content (AvgIpc) is 2.49. The molecule has 0 bridgehead atoms. The van der Waals surface area contributed by atoms with Crippen molar-refractivity contribution in [3.05, 3.63) is 64.5 Å². The van der Waals surface area contributed by atoms with Crippen LogP contribution in [0.25, 0.3) is 10.9 Å². The Labute approximate surface area is 124 Å². The highest BCUT2D eigenvalue weighted by Crippen LogP contribution is 2.24. The lowest BCUT2D eigenvalue weighted by Gasteiger charge is -2.04. The molecule has 0 saturated carbocycles. The van der Waals surface area contributed by atoms with Gasteiger partial charge in [-0.2, -0.15) is 0 Å². The number of aromatic nitrogens is 2. The number of fused-ring (bicyclic) bond motifs is 1. The molecule has 0 radical (unpaired) electrons. The summed E-state index contributed by atoms with van der Waals surface area (Å²) < 4.78 is 13.4. The van der Waals surface area contributed by atoms with Crippen LogP contribution in [0.3, 0.4) is 0 Å². The normalized spacial score (nSPS) is 10.9. The van der Waals surface area contributed by atoms with E-state index in [1.807, 2.05) is 6.07 Å². The number of hydrogen-bond donors (Lipinski definition) is 2. The van der Waals surface area contributed by atoms with Crippen LogP contribution in [0.15, 0.2) is 52.2 Å². The number of nitrogens with two attached hydrogens (primary N) is 1. The van der Waals surface area contributed by atoms with Gasteiger partial charge in [-0.25, -0.2) is 9.37 Å². The summed E-state index contributed by atoms with van der Waals surface area (Å²) in [5.74, 6) is 0.560. The Morgan fingerprint density at radius 3 is 2.86 bits per heavy atom. The van der Waals surface area contributed by atoms with Crippen molar-refractivity contribution in [1.82, 2.24) is 9.97 Å². The fourth-order valence-electron chi connectivity index (χ4n) is 1.95. The summed E-state index contributed by atoms with van der Waals surface area (Å²) in [4.78, 5) is 19.8. The van der Waals surface area contributed by atoms with Crippen molar-refractivity contribution in [2.75, 3.05) is 5.73 Å². The minimum Gasteiger partial charge on any atom is -0.396 e. The van der Waals surface area contributed by atoms with Crippen molar-refractivity contribution in [2.24, 2.45) is 0 Å². The maximum Gasteiger partial charge on any atom is 0.258 e. The van der Waals surface area contributed by atoms with Gasteiger partial charge in [0.1, 0.15) is 11.6 Å². The van der Waals surface area contributed by atoms with Gasteiger partial charge in [-0.15, -0.1) is 11.8 Å². The smallest absolute Gasteiger partial charge is 0.258 e. The van der Waals surface area contributed by atoms with Gasteiger partial charge >= 0.3 is 0 Å². The first-order valence-electron chi connectivity index (χ1n) is 6.29. The first-order valence-corrected chi connectivity index (χ1v) is 7.28. The number of rotatable bonds is 3. The molecule has 106 valence electrons. The number of benzene rings is 2. The minimum absolute atomic E-state index is 0.122. The highest BCUT2D eigenvalue weighted by atomic mass is 32.2. The van der Waals surface area contributed by atoms with E-state index >= 15 is 0 Å². The zero-order chi connectivity index (χ0) is 14.8. The highest BCUT2D eigenvalue weighted by Gasteiger charge is 2.05. The molecule has 3 aromatic rings. The van der Waals surface area contributed by atoms with E-state index in [1.165, 1.54) is 23.9 Å². The number of para-hydroxylation sites is 1. The third kappa shape index (κ3) is 2.90. The van der Waals surface area contributed by atoms with E-state index in [9.17, 15) is 9.18 Å². The van der Waals surface area contributed by atoms with E-state index in [2.05, 4.69) is 9.97 Å². The molecule has 0 aliphatic rings. The summed E-state index contributed by atoms with van der Waals surface area (Å²) in [7, 11) is 0. The lowest BCUT2D eigenvalue weighted by atomic mass is 10.2. The number of H-pyrrole nitrogens is 1. The van der Waals surface area contributed by atoms with Crippen LogP contribution in [-0.2, 0) is 5.75 Å². The Morgan fingerprint density at radius 2 is 2.05 bits per heavy atom. The molecule has 0 unspecified atom stereocenters. The fourth-order valence-corrected chi connectivity index (χ4v) is 2.74. The molecule has 1 aromatic heterocycles. The lowest BCUT2D eigenvalue weighted by molar-refractivity contribution is 0.629. The van der Waals surface area contributed by atoms with Crippen LogP contribution in [0.4, 0.5) is 10.1 Å². The molecular formula is C15H12FN3OS. The summed E-state index contributed by atoms with van der Waals surface area (Å²) in [6, 6.07) is 11.8. The van der Waals surface area contributed by atoms with E-state index in [4.69, 9.17) is 5.73 Å². The number of nitrogens with zero attached hydrogens (tertiary/aromatic N) is 1. The zero-order valence-corrected chi connectivity index (χ0v) is 11.8. The molecule has 2 aromatic carbocycles. The first-order chi connectivity index (χ1) is 10.1. The molecule has 0 aliphatic heterocycles. The number of nitrogen functional groups attached to an aromatic ring is 1. The molecule has 4 nitrogen and oxygen atoms in total. The van der Waals surface area contributed by atoms with Crippen molar-refractivity contribution < 1.29 is 4.39 Å². The molecular weight excluding hydrogens is 289 g/mol. The molecule has 3 rings (SSSR count). The van der Waals surface area contributed by atoms with E-state index in [0.717, 1.165) is 4.90 Å².